The molecule has 0 unspecified atom stereocenters. The van der Waals surface area contributed by atoms with E-state index in [9.17, 15) is 9.59 Å². The van der Waals surface area contributed by atoms with Crippen molar-refractivity contribution in [2.24, 2.45) is 5.92 Å². The van der Waals surface area contributed by atoms with Crippen LogP contribution < -0.4 is 15.4 Å². The minimum absolute atomic E-state index is 0.100. The summed E-state index contributed by atoms with van der Waals surface area (Å²) in [4.78, 5) is 32.6. The fourth-order valence-electron chi connectivity index (χ4n) is 2.71. The van der Waals surface area contributed by atoms with Gasteiger partial charge in [-0.05, 0) is 42.3 Å². The zero-order valence-electron chi connectivity index (χ0n) is 15.4. The van der Waals surface area contributed by atoms with E-state index in [0.29, 0.717) is 17.3 Å². The predicted molar refractivity (Wildman–Crippen MR) is 104 cm³/mol. The third-order valence-electron chi connectivity index (χ3n) is 4.22. The average molecular weight is 366 g/mol. The van der Waals surface area contributed by atoms with Crippen molar-refractivity contribution in [2.75, 3.05) is 12.4 Å². The Morgan fingerprint density at radius 2 is 1.78 bits per heavy atom. The van der Waals surface area contributed by atoms with Gasteiger partial charge in [-0.15, -0.1) is 0 Å². The highest BCUT2D eigenvalue weighted by Gasteiger charge is 2.25. The molecule has 7 nitrogen and oxygen atoms in total. The number of para-hydroxylation sites is 2. The van der Waals surface area contributed by atoms with Crippen LogP contribution in [0, 0.1) is 5.92 Å². The fourth-order valence-corrected chi connectivity index (χ4v) is 2.71. The molecule has 27 heavy (non-hydrogen) atoms. The number of amides is 2. The third-order valence-corrected chi connectivity index (χ3v) is 4.22. The van der Waals surface area contributed by atoms with Gasteiger partial charge in [-0.1, -0.05) is 26.0 Å². The van der Waals surface area contributed by atoms with Gasteiger partial charge in [0, 0.05) is 5.56 Å². The van der Waals surface area contributed by atoms with Crippen LogP contribution in [0.3, 0.4) is 0 Å². The first-order chi connectivity index (χ1) is 13.0. The monoisotopic (exact) mass is 366 g/mol. The Morgan fingerprint density at radius 3 is 2.41 bits per heavy atom. The molecular weight excluding hydrogens is 344 g/mol. The normalized spacial score (nSPS) is 12.0. The molecule has 140 valence electrons. The standard InChI is InChI=1S/C20H22N4O3/c1-12(2)17(23-18(25)13-8-10-14(27-3)11-9-13)19(26)24-20-21-15-6-4-5-7-16(15)22-20/h4-12,17H,1-3H3,(H,23,25)(H2,21,22,24,26)/t17-/m1/s1. The summed E-state index contributed by atoms with van der Waals surface area (Å²) in [5, 5.41) is 5.54. The highest BCUT2D eigenvalue weighted by Crippen LogP contribution is 2.15. The third kappa shape index (κ3) is 4.25. The Morgan fingerprint density at radius 1 is 1.07 bits per heavy atom. The van der Waals surface area contributed by atoms with Gasteiger partial charge in [0.25, 0.3) is 5.91 Å². The number of imidazole rings is 1. The molecule has 0 radical (unpaired) electrons. The quantitative estimate of drug-likeness (QED) is 0.625. The highest BCUT2D eigenvalue weighted by atomic mass is 16.5. The summed E-state index contributed by atoms with van der Waals surface area (Å²) in [6.45, 7) is 3.74. The molecule has 1 aromatic heterocycles. The van der Waals surface area contributed by atoms with Crippen molar-refractivity contribution in [1.29, 1.82) is 0 Å². The van der Waals surface area contributed by atoms with E-state index in [0.717, 1.165) is 11.0 Å². The lowest BCUT2D eigenvalue weighted by Gasteiger charge is -2.21. The maximum Gasteiger partial charge on any atom is 0.251 e. The van der Waals surface area contributed by atoms with Crippen LogP contribution in [0.5, 0.6) is 5.75 Å². The van der Waals surface area contributed by atoms with Crippen LogP contribution in [0.15, 0.2) is 48.5 Å². The number of carbonyl (C=O) groups excluding carboxylic acids is 2. The molecule has 0 aliphatic carbocycles. The van der Waals surface area contributed by atoms with Crippen LogP contribution in [-0.4, -0.2) is 34.9 Å². The molecule has 1 atom stereocenters. The Bertz CT molecular complexity index is 914. The second-order valence-electron chi connectivity index (χ2n) is 6.52. The minimum Gasteiger partial charge on any atom is -0.497 e. The van der Waals surface area contributed by atoms with Gasteiger partial charge in [-0.3, -0.25) is 14.9 Å². The number of aromatic nitrogens is 2. The lowest BCUT2D eigenvalue weighted by Crippen LogP contribution is -2.47. The van der Waals surface area contributed by atoms with E-state index < -0.39 is 6.04 Å². The van der Waals surface area contributed by atoms with Gasteiger partial charge in [0.1, 0.15) is 11.8 Å². The smallest absolute Gasteiger partial charge is 0.251 e. The SMILES string of the molecule is COc1ccc(C(=O)N[C@@H](C(=O)Nc2nc3ccccc3[nH]2)C(C)C)cc1. The first kappa shape index (κ1) is 18.4. The number of H-pyrrole nitrogens is 1. The first-order valence-electron chi connectivity index (χ1n) is 8.68. The number of benzene rings is 2. The molecule has 1 heterocycles. The number of ether oxygens (including phenoxy) is 1. The number of aromatic amines is 1. The molecule has 7 heteroatoms. The van der Waals surface area contributed by atoms with Gasteiger partial charge in [0.15, 0.2) is 0 Å². The molecule has 0 saturated carbocycles. The molecule has 0 fully saturated rings. The highest BCUT2D eigenvalue weighted by molar-refractivity contribution is 6.01. The molecule has 3 aromatic rings. The van der Waals surface area contributed by atoms with Crippen molar-refractivity contribution in [3.8, 4) is 5.75 Å². The van der Waals surface area contributed by atoms with Crippen LogP contribution in [-0.2, 0) is 4.79 Å². The Kier molecular flexibility index (Phi) is 5.40. The van der Waals surface area contributed by atoms with Crippen molar-refractivity contribution >= 4 is 28.8 Å². The predicted octanol–water partition coefficient (Wildman–Crippen LogP) is 2.96. The Labute approximate surface area is 157 Å². The van der Waals surface area contributed by atoms with Crippen LogP contribution in [0.4, 0.5) is 5.95 Å². The summed E-state index contributed by atoms with van der Waals surface area (Å²) in [5.41, 5.74) is 2.05. The van der Waals surface area contributed by atoms with E-state index in [2.05, 4.69) is 20.6 Å². The largest absolute Gasteiger partial charge is 0.497 e. The molecular formula is C20H22N4O3. The fraction of sp³-hybridized carbons (Fsp3) is 0.250. The molecule has 2 amide bonds. The number of hydrogen-bond donors (Lipinski definition) is 3. The van der Waals surface area contributed by atoms with Crippen LogP contribution in [0.25, 0.3) is 11.0 Å². The maximum atomic E-state index is 12.7. The number of nitrogens with zero attached hydrogens (tertiary/aromatic N) is 1. The van der Waals surface area contributed by atoms with E-state index >= 15 is 0 Å². The van der Waals surface area contributed by atoms with Gasteiger partial charge < -0.3 is 15.0 Å². The molecule has 3 rings (SSSR count). The van der Waals surface area contributed by atoms with Crippen molar-refractivity contribution in [3.63, 3.8) is 0 Å². The van der Waals surface area contributed by atoms with Gasteiger partial charge >= 0.3 is 0 Å². The Balaban J connectivity index is 1.71. The first-order valence-corrected chi connectivity index (χ1v) is 8.68. The van der Waals surface area contributed by atoms with Gasteiger partial charge in [0.2, 0.25) is 11.9 Å². The number of hydrogen-bond acceptors (Lipinski definition) is 4. The molecule has 3 N–H and O–H groups in total. The average Bonchev–Trinajstić information content (AvgIpc) is 3.07. The van der Waals surface area contributed by atoms with Crippen LogP contribution in [0.1, 0.15) is 24.2 Å². The van der Waals surface area contributed by atoms with Gasteiger partial charge in [-0.2, -0.15) is 0 Å². The molecule has 0 bridgehead atoms. The van der Waals surface area contributed by atoms with Crippen molar-refractivity contribution in [1.82, 2.24) is 15.3 Å². The molecule has 2 aromatic carbocycles. The van der Waals surface area contributed by atoms with Gasteiger partial charge in [0.05, 0.1) is 18.1 Å². The summed E-state index contributed by atoms with van der Waals surface area (Å²) in [6, 6.07) is 13.5. The molecule has 0 aliphatic heterocycles. The molecule has 0 aliphatic rings. The van der Waals surface area contributed by atoms with Crippen molar-refractivity contribution in [3.05, 3.63) is 54.1 Å². The number of fused-ring (bicyclic) bond motifs is 1. The summed E-state index contributed by atoms with van der Waals surface area (Å²) >= 11 is 0. The lowest BCUT2D eigenvalue weighted by molar-refractivity contribution is -0.118. The zero-order valence-corrected chi connectivity index (χ0v) is 15.4. The summed E-state index contributed by atoms with van der Waals surface area (Å²) in [5.74, 6) is 0.263. The van der Waals surface area contributed by atoms with Crippen LogP contribution >= 0.6 is 0 Å². The minimum atomic E-state index is -0.701. The van der Waals surface area contributed by atoms with Crippen LogP contribution in [0.2, 0.25) is 0 Å². The summed E-state index contributed by atoms with van der Waals surface area (Å²) in [6.07, 6.45) is 0. The van der Waals surface area contributed by atoms with Crippen molar-refractivity contribution < 1.29 is 14.3 Å². The number of carbonyl (C=O) groups is 2. The van der Waals surface area contributed by atoms with E-state index in [1.54, 1.807) is 31.4 Å². The number of nitrogens with one attached hydrogen (secondary N) is 3. The van der Waals surface area contributed by atoms with E-state index in [1.807, 2.05) is 38.1 Å². The van der Waals surface area contributed by atoms with E-state index in [-0.39, 0.29) is 17.7 Å². The van der Waals surface area contributed by atoms with Crippen molar-refractivity contribution in [2.45, 2.75) is 19.9 Å². The second kappa shape index (κ2) is 7.90. The topological polar surface area (TPSA) is 96.1 Å². The lowest BCUT2D eigenvalue weighted by atomic mass is 10.0. The maximum absolute atomic E-state index is 12.7. The molecule has 0 spiro atoms. The van der Waals surface area contributed by atoms with E-state index in [4.69, 9.17) is 4.74 Å². The second-order valence-corrected chi connectivity index (χ2v) is 6.52. The number of methoxy groups -OCH3 is 1. The summed E-state index contributed by atoms with van der Waals surface area (Å²) < 4.78 is 5.09. The number of rotatable bonds is 6. The van der Waals surface area contributed by atoms with E-state index in [1.165, 1.54) is 0 Å². The zero-order chi connectivity index (χ0) is 19.4. The molecule has 0 saturated heterocycles. The Hall–Kier alpha value is -3.35. The van der Waals surface area contributed by atoms with Gasteiger partial charge in [-0.25, -0.2) is 4.98 Å². The number of anilines is 1. The summed E-state index contributed by atoms with van der Waals surface area (Å²) in [7, 11) is 1.56.